The number of alkyl halides is 3. The Kier molecular flexibility index (Phi) is 3.82. The smallest absolute Gasteiger partial charge is 0.354 e. The molecular formula is C11H18F3N3O. The van der Waals surface area contributed by atoms with Crippen LogP contribution < -0.4 is 5.32 Å². The first kappa shape index (κ1) is 13.6. The molecule has 0 saturated carbocycles. The van der Waals surface area contributed by atoms with E-state index in [1.807, 2.05) is 11.9 Å². The zero-order valence-electron chi connectivity index (χ0n) is 10.3. The van der Waals surface area contributed by atoms with Crippen molar-refractivity contribution in [2.75, 3.05) is 26.7 Å². The summed E-state index contributed by atoms with van der Waals surface area (Å²) in [6.45, 7) is 0.644. The average molecular weight is 265 g/mol. The standard InChI is InChI=1S/C11H18F3N3O/c1-16-5-2-3-10(16)17-6-4-9(18)15-7-8(17)11(12,13)14/h8,10H,2-7H2,1H3,(H,15,18). The van der Waals surface area contributed by atoms with Gasteiger partial charge >= 0.3 is 6.18 Å². The Morgan fingerprint density at radius 3 is 2.61 bits per heavy atom. The van der Waals surface area contributed by atoms with E-state index in [0.717, 1.165) is 19.4 Å². The van der Waals surface area contributed by atoms with Crippen LogP contribution in [-0.2, 0) is 4.79 Å². The molecule has 2 saturated heterocycles. The van der Waals surface area contributed by atoms with Gasteiger partial charge in [-0.25, -0.2) is 0 Å². The van der Waals surface area contributed by atoms with Crippen molar-refractivity contribution < 1.29 is 18.0 Å². The highest BCUT2D eigenvalue weighted by Crippen LogP contribution is 2.30. The van der Waals surface area contributed by atoms with Crippen molar-refractivity contribution in [1.82, 2.24) is 15.1 Å². The fourth-order valence-electron chi connectivity index (χ4n) is 2.77. The van der Waals surface area contributed by atoms with Gasteiger partial charge < -0.3 is 5.32 Å². The third-order valence-corrected chi connectivity index (χ3v) is 3.73. The molecule has 2 rings (SSSR count). The van der Waals surface area contributed by atoms with E-state index in [9.17, 15) is 18.0 Å². The van der Waals surface area contributed by atoms with E-state index in [4.69, 9.17) is 0 Å². The number of likely N-dealkylation sites (tertiary alicyclic amines) is 1. The fourth-order valence-corrected chi connectivity index (χ4v) is 2.77. The van der Waals surface area contributed by atoms with Crippen molar-refractivity contribution in [2.45, 2.75) is 37.6 Å². The molecule has 0 aliphatic carbocycles. The Labute approximate surface area is 104 Å². The maximum absolute atomic E-state index is 13.1. The Morgan fingerprint density at radius 2 is 2.06 bits per heavy atom. The van der Waals surface area contributed by atoms with E-state index in [2.05, 4.69) is 5.32 Å². The molecule has 2 fully saturated rings. The van der Waals surface area contributed by atoms with Crippen molar-refractivity contribution in [3.8, 4) is 0 Å². The van der Waals surface area contributed by atoms with Gasteiger partial charge in [-0.1, -0.05) is 0 Å². The molecule has 0 spiro atoms. The molecule has 104 valence electrons. The first-order chi connectivity index (χ1) is 8.39. The number of hydrogen-bond donors (Lipinski definition) is 1. The minimum Gasteiger partial charge on any atom is -0.354 e. The number of nitrogens with zero attached hydrogens (tertiary/aromatic N) is 2. The molecule has 0 radical (unpaired) electrons. The molecule has 7 heteroatoms. The highest BCUT2D eigenvalue weighted by Gasteiger charge is 2.48. The SMILES string of the molecule is CN1CCCC1N1CCC(=O)NCC1C(F)(F)F. The summed E-state index contributed by atoms with van der Waals surface area (Å²) >= 11 is 0. The lowest BCUT2D eigenvalue weighted by atomic mass is 10.2. The second-order valence-corrected chi connectivity index (χ2v) is 4.95. The Bertz CT molecular complexity index is 321. The number of hydrogen-bond acceptors (Lipinski definition) is 3. The molecule has 2 aliphatic heterocycles. The largest absolute Gasteiger partial charge is 0.405 e. The number of rotatable bonds is 1. The van der Waals surface area contributed by atoms with Gasteiger partial charge in [0.1, 0.15) is 6.04 Å². The summed E-state index contributed by atoms with van der Waals surface area (Å²) in [5.41, 5.74) is 0. The van der Waals surface area contributed by atoms with E-state index in [1.54, 1.807) is 0 Å². The highest BCUT2D eigenvalue weighted by molar-refractivity contribution is 5.76. The molecule has 1 N–H and O–H groups in total. The lowest BCUT2D eigenvalue weighted by molar-refractivity contribution is -0.192. The monoisotopic (exact) mass is 265 g/mol. The van der Waals surface area contributed by atoms with Gasteiger partial charge in [0, 0.05) is 19.5 Å². The fraction of sp³-hybridized carbons (Fsp3) is 0.909. The molecule has 0 aromatic heterocycles. The molecular weight excluding hydrogens is 247 g/mol. The van der Waals surface area contributed by atoms with Crippen LogP contribution in [0.3, 0.4) is 0 Å². The van der Waals surface area contributed by atoms with E-state index < -0.39 is 12.2 Å². The Balaban J connectivity index is 2.18. The van der Waals surface area contributed by atoms with E-state index in [1.165, 1.54) is 4.90 Å². The molecule has 0 aromatic rings. The summed E-state index contributed by atoms with van der Waals surface area (Å²) < 4.78 is 39.2. The second kappa shape index (κ2) is 5.05. The lowest BCUT2D eigenvalue weighted by Gasteiger charge is -2.38. The lowest BCUT2D eigenvalue weighted by Crippen LogP contribution is -2.56. The molecule has 0 bridgehead atoms. The van der Waals surface area contributed by atoms with Gasteiger partial charge in [0.2, 0.25) is 5.91 Å². The van der Waals surface area contributed by atoms with Crippen LogP contribution in [0.5, 0.6) is 0 Å². The van der Waals surface area contributed by atoms with Crippen LogP contribution in [0.25, 0.3) is 0 Å². The van der Waals surface area contributed by atoms with Gasteiger partial charge in [0.25, 0.3) is 0 Å². The minimum atomic E-state index is -4.30. The summed E-state index contributed by atoms with van der Waals surface area (Å²) in [5, 5.41) is 2.35. The zero-order chi connectivity index (χ0) is 13.3. The van der Waals surface area contributed by atoms with Crippen LogP contribution in [0.4, 0.5) is 13.2 Å². The first-order valence-corrected chi connectivity index (χ1v) is 6.19. The van der Waals surface area contributed by atoms with Crippen LogP contribution in [0.15, 0.2) is 0 Å². The van der Waals surface area contributed by atoms with E-state index in [-0.39, 0.29) is 31.6 Å². The van der Waals surface area contributed by atoms with Crippen molar-refractivity contribution in [3.63, 3.8) is 0 Å². The zero-order valence-corrected chi connectivity index (χ0v) is 10.3. The van der Waals surface area contributed by atoms with Gasteiger partial charge in [-0.05, 0) is 26.4 Å². The van der Waals surface area contributed by atoms with Gasteiger partial charge in [-0.2, -0.15) is 13.2 Å². The summed E-state index contributed by atoms with van der Waals surface area (Å²) in [5.74, 6) is -0.299. The maximum atomic E-state index is 13.1. The van der Waals surface area contributed by atoms with Gasteiger partial charge in [0.05, 0.1) is 6.17 Å². The average Bonchev–Trinajstić information content (AvgIpc) is 2.57. The first-order valence-electron chi connectivity index (χ1n) is 6.19. The van der Waals surface area contributed by atoms with Crippen LogP contribution in [-0.4, -0.2) is 60.8 Å². The van der Waals surface area contributed by atoms with E-state index >= 15 is 0 Å². The second-order valence-electron chi connectivity index (χ2n) is 4.95. The molecule has 1 amide bonds. The topological polar surface area (TPSA) is 35.6 Å². The van der Waals surface area contributed by atoms with E-state index in [0.29, 0.717) is 0 Å². The molecule has 4 nitrogen and oxygen atoms in total. The highest BCUT2D eigenvalue weighted by atomic mass is 19.4. The quantitative estimate of drug-likeness (QED) is 0.761. The predicted molar refractivity (Wildman–Crippen MR) is 59.8 cm³/mol. The van der Waals surface area contributed by atoms with Crippen LogP contribution >= 0.6 is 0 Å². The Morgan fingerprint density at radius 1 is 1.33 bits per heavy atom. The minimum absolute atomic E-state index is 0.136. The molecule has 2 unspecified atom stereocenters. The predicted octanol–water partition coefficient (Wildman–Crippen LogP) is 0.791. The van der Waals surface area contributed by atoms with Crippen LogP contribution in [0.2, 0.25) is 0 Å². The number of amides is 1. The third-order valence-electron chi connectivity index (χ3n) is 3.73. The van der Waals surface area contributed by atoms with Crippen molar-refractivity contribution in [2.24, 2.45) is 0 Å². The summed E-state index contributed by atoms with van der Waals surface area (Å²) in [6, 6.07) is -1.57. The van der Waals surface area contributed by atoms with Crippen LogP contribution in [0, 0.1) is 0 Å². The van der Waals surface area contributed by atoms with Crippen molar-refractivity contribution >= 4 is 5.91 Å². The number of carbonyl (C=O) groups is 1. The number of halogens is 3. The summed E-state index contributed by atoms with van der Waals surface area (Å²) in [6.07, 6.45) is -2.73. The third kappa shape index (κ3) is 2.77. The van der Waals surface area contributed by atoms with Crippen molar-refractivity contribution in [1.29, 1.82) is 0 Å². The summed E-state index contributed by atoms with van der Waals surface area (Å²) in [4.78, 5) is 14.7. The van der Waals surface area contributed by atoms with Gasteiger partial charge in [-0.3, -0.25) is 14.6 Å². The molecule has 2 atom stereocenters. The molecule has 0 aromatic carbocycles. The van der Waals surface area contributed by atoms with Crippen LogP contribution in [0.1, 0.15) is 19.3 Å². The normalized spacial score (nSPS) is 32.3. The van der Waals surface area contributed by atoms with Gasteiger partial charge in [0.15, 0.2) is 0 Å². The molecule has 2 aliphatic rings. The number of nitrogens with one attached hydrogen (secondary N) is 1. The molecule has 18 heavy (non-hydrogen) atoms. The Hall–Kier alpha value is -0.820. The number of carbonyl (C=O) groups excluding carboxylic acids is 1. The molecule has 2 heterocycles. The summed E-state index contributed by atoms with van der Waals surface area (Å²) in [7, 11) is 1.84. The van der Waals surface area contributed by atoms with Crippen molar-refractivity contribution in [3.05, 3.63) is 0 Å². The van der Waals surface area contributed by atoms with Gasteiger partial charge in [-0.15, -0.1) is 0 Å². The maximum Gasteiger partial charge on any atom is 0.405 e.